The molecule has 2 unspecified atom stereocenters. The van der Waals surface area contributed by atoms with Gasteiger partial charge in [0.2, 0.25) is 0 Å². The Hall–Kier alpha value is -2.12. The molecule has 0 saturated carbocycles. The maximum atomic E-state index is 5.93. The molecule has 0 N–H and O–H groups in total. The molecule has 0 fully saturated rings. The van der Waals surface area contributed by atoms with E-state index in [1.807, 2.05) is 0 Å². The van der Waals surface area contributed by atoms with E-state index in [-0.39, 0.29) is 0 Å². The number of benzene rings is 2. The quantitative estimate of drug-likeness (QED) is 0.0491. The van der Waals surface area contributed by atoms with Crippen LogP contribution in [0.3, 0.4) is 0 Å². The fourth-order valence-corrected chi connectivity index (χ4v) is 8.08. The van der Waals surface area contributed by atoms with E-state index in [0.717, 1.165) is 13.2 Å². The first kappa shape index (κ1) is 47.0. The van der Waals surface area contributed by atoms with Crippen LogP contribution in [0, 0.1) is 0 Å². The Labute approximate surface area is 331 Å². The maximum absolute atomic E-state index is 5.93. The summed E-state index contributed by atoms with van der Waals surface area (Å²) in [4.78, 5) is 0. The average molecular weight is 727 g/mol. The van der Waals surface area contributed by atoms with E-state index >= 15 is 0 Å². The van der Waals surface area contributed by atoms with Crippen LogP contribution in [0.2, 0.25) is 0 Å². The molecule has 53 heavy (non-hydrogen) atoms. The number of unbranched alkanes of at least 4 members (excludes halogenated alkanes) is 28. The minimum atomic E-state index is 0.528. The van der Waals surface area contributed by atoms with Crippen LogP contribution in [0.15, 0.2) is 86.0 Å². The zero-order chi connectivity index (χ0) is 37.5. The van der Waals surface area contributed by atoms with Crippen LogP contribution in [0.1, 0.15) is 228 Å². The summed E-state index contributed by atoms with van der Waals surface area (Å²) in [6.45, 7) is 10.1. The van der Waals surface area contributed by atoms with Gasteiger partial charge in [-0.25, -0.2) is 0 Å². The Morgan fingerprint density at radius 1 is 0.321 bits per heavy atom. The second kappa shape index (κ2) is 36.8. The summed E-state index contributed by atoms with van der Waals surface area (Å²) in [6, 6.07) is 21.8. The molecule has 0 amide bonds. The van der Waals surface area contributed by atoms with Crippen molar-refractivity contribution in [2.45, 2.75) is 217 Å². The lowest BCUT2D eigenvalue weighted by molar-refractivity contribution is 0.125. The Morgan fingerprint density at radius 2 is 0.547 bits per heavy atom. The third-order valence-electron chi connectivity index (χ3n) is 11.6. The molecule has 0 aliphatic carbocycles. The van der Waals surface area contributed by atoms with Crippen LogP contribution in [-0.4, -0.2) is 13.2 Å². The normalized spacial score (nSPS) is 12.5. The van der Waals surface area contributed by atoms with Gasteiger partial charge >= 0.3 is 0 Å². The van der Waals surface area contributed by atoms with Gasteiger partial charge in [0.15, 0.2) is 0 Å². The molecule has 0 radical (unpaired) electrons. The van der Waals surface area contributed by atoms with Crippen molar-refractivity contribution in [3.8, 4) is 0 Å². The molecule has 0 spiro atoms. The van der Waals surface area contributed by atoms with Gasteiger partial charge in [0.25, 0.3) is 0 Å². The van der Waals surface area contributed by atoms with E-state index in [4.69, 9.17) is 4.74 Å². The molecule has 0 aliphatic rings. The summed E-state index contributed by atoms with van der Waals surface area (Å²) in [5, 5.41) is 0. The Kier molecular flexibility index (Phi) is 32.7. The second-order valence-corrected chi connectivity index (χ2v) is 16.3. The lowest BCUT2D eigenvalue weighted by atomic mass is 9.93. The number of hydrogen-bond donors (Lipinski definition) is 0. The molecule has 2 rings (SSSR count). The van der Waals surface area contributed by atoms with Crippen molar-refractivity contribution in [2.75, 3.05) is 13.2 Å². The molecule has 2 atom stereocenters. The predicted molar refractivity (Wildman–Crippen MR) is 237 cm³/mol. The van der Waals surface area contributed by atoms with Crippen molar-refractivity contribution >= 4 is 0 Å². The minimum absolute atomic E-state index is 0.528. The van der Waals surface area contributed by atoms with Gasteiger partial charge < -0.3 is 4.74 Å². The van der Waals surface area contributed by atoms with Crippen molar-refractivity contribution in [1.29, 1.82) is 0 Å². The van der Waals surface area contributed by atoms with Crippen LogP contribution in [-0.2, 0) is 4.74 Å². The van der Waals surface area contributed by atoms with Gasteiger partial charge in [-0.05, 0) is 36.8 Å². The molecular weight excluding hydrogens is 641 g/mol. The molecule has 1 nitrogen and oxygen atoms in total. The van der Waals surface area contributed by atoms with Crippen LogP contribution in [0.4, 0.5) is 0 Å². The fourth-order valence-electron chi connectivity index (χ4n) is 8.08. The highest BCUT2D eigenvalue weighted by Crippen LogP contribution is 2.25. The van der Waals surface area contributed by atoms with Crippen LogP contribution in [0.25, 0.3) is 0 Å². The van der Waals surface area contributed by atoms with Gasteiger partial charge in [0, 0.05) is 25.0 Å². The Balaban J connectivity index is 1.17. The maximum Gasteiger partial charge on any atom is 0.0466 e. The van der Waals surface area contributed by atoms with E-state index in [0.29, 0.717) is 11.8 Å². The minimum Gasteiger partial charge on any atom is -0.381 e. The molecule has 0 bridgehead atoms. The summed E-state index contributed by atoms with van der Waals surface area (Å²) in [7, 11) is 0. The van der Waals surface area contributed by atoms with Crippen molar-refractivity contribution in [3.63, 3.8) is 0 Å². The van der Waals surface area contributed by atoms with Gasteiger partial charge in [0.05, 0.1) is 0 Å². The van der Waals surface area contributed by atoms with E-state index in [9.17, 15) is 0 Å². The fraction of sp³-hybridized carbons (Fsp3) is 0.692. The molecule has 300 valence electrons. The molecule has 0 aliphatic heterocycles. The summed E-state index contributed by atoms with van der Waals surface area (Å²) in [6.07, 6.45) is 48.8. The molecule has 0 saturated heterocycles. The first-order valence-corrected chi connectivity index (χ1v) is 23.3. The second-order valence-electron chi connectivity index (χ2n) is 16.3. The molecule has 0 aromatic heterocycles. The first-order chi connectivity index (χ1) is 26.3. The monoisotopic (exact) mass is 727 g/mol. The number of ether oxygens (including phenoxy) is 1. The van der Waals surface area contributed by atoms with E-state index in [2.05, 4.69) is 86.0 Å². The van der Waals surface area contributed by atoms with E-state index in [1.165, 1.54) is 217 Å². The third kappa shape index (κ3) is 28.0. The van der Waals surface area contributed by atoms with Crippen molar-refractivity contribution < 1.29 is 4.74 Å². The van der Waals surface area contributed by atoms with Gasteiger partial charge in [-0.3, -0.25) is 0 Å². The molecule has 2 aromatic carbocycles. The molecule has 1 heteroatoms. The van der Waals surface area contributed by atoms with Gasteiger partial charge in [-0.15, -0.1) is 13.2 Å². The van der Waals surface area contributed by atoms with Crippen molar-refractivity contribution in [2.24, 2.45) is 0 Å². The van der Waals surface area contributed by atoms with Crippen LogP contribution >= 0.6 is 0 Å². The summed E-state index contributed by atoms with van der Waals surface area (Å²) < 4.78 is 5.93. The Bertz CT molecular complexity index is 944. The number of allylic oxidation sites excluding steroid dienone is 2. The first-order valence-electron chi connectivity index (χ1n) is 23.3. The van der Waals surface area contributed by atoms with E-state index in [1.54, 1.807) is 0 Å². The standard InChI is InChI=1S/C52H86O/c1-3-49(51-43-35-31-36-44-51)41-33-27-23-19-15-11-7-5-9-13-17-21-25-29-39-47-53-48-40-30-26-22-18-14-10-6-8-12-16-20-24-28-34-42-50(4-2)52-45-37-32-38-46-52/h3-4,31-32,35-38,43-46,49-50H,1-2,5-30,33-34,39-42,47-48H2. The van der Waals surface area contributed by atoms with Gasteiger partial charge in [0.1, 0.15) is 0 Å². The molecule has 0 heterocycles. The summed E-state index contributed by atoms with van der Waals surface area (Å²) >= 11 is 0. The van der Waals surface area contributed by atoms with Crippen LogP contribution in [0.5, 0.6) is 0 Å². The summed E-state index contributed by atoms with van der Waals surface area (Å²) in [5.74, 6) is 1.06. The lowest BCUT2D eigenvalue weighted by Crippen LogP contribution is -1.97. The largest absolute Gasteiger partial charge is 0.381 e. The van der Waals surface area contributed by atoms with Gasteiger partial charge in [-0.1, -0.05) is 253 Å². The lowest BCUT2D eigenvalue weighted by Gasteiger charge is -2.12. The topological polar surface area (TPSA) is 9.23 Å². The summed E-state index contributed by atoms with van der Waals surface area (Å²) in [5.41, 5.74) is 2.85. The number of rotatable bonds is 40. The highest BCUT2D eigenvalue weighted by molar-refractivity contribution is 5.23. The zero-order valence-corrected chi connectivity index (χ0v) is 34.9. The zero-order valence-electron chi connectivity index (χ0n) is 34.9. The molecule has 2 aromatic rings. The molecular formula is C52H86O. The van der Waals surface area contributed by atoms with Crippen molar-refractivity contribution in [1.82, 2.24) is 0 Å². The predicted octanol–water partition coefficient (Wildman–Crippen LogP) is 17.4. The van der Waals surface area contributed by atoms with E-state index < -0.39 is 0 Å². The smallest absolute Gasteiger partial charge is 0.0466 e. The SMILES string of the molecule is C=CC(CCCCCCCCCCCCCCCCCOCCCCCCCCCCCCCCCCCC(C=C)c1ccccc1)c1ccccc1. The van der Waals surface area contributed by atoms with Crippen molar-refractivity contribution in [3.05, 3.63) is 97.1 Å². The Morgan fingerprint density at radius 3 is 0.792 bits per heavy atom. The third-order valence-corrected chi connectivity index (χ3v) is 11.6. The van der Waals surface area contributed by atoms with Crippen LogP contribution < -0.4 is 0 Å². The van der Waals surface area contributed by atoms with Gasteiger partial charge in [-0.2, -0.15) is 0 Å². The number of hydrogen-bond acceptors (Lipinski definition) is 1. The average Bonchev–Trinajstić information content (AvgIpc) is 3.20. The highest BCUT2D eigenvalue weighted by Gasteiger charge is 2.07. The highest BCUT2D eigenvalue weighted by atomic mass is 16.5.